The highest BCUT2D eigenvalue weighted by Gasteiger charge is 2.05. The van der Waals surface area contributed by atoms with Crippen LogP contribution < -0.4 is 0 Å². The van der Waals surface area contributed by atoms with Crippen molar-refractivity contribution in [3.63, 3.8) is 0 Å². The Hall–Kier alpha value is -1.64. The average molecular weight is 168 g/mol. The molecule has 0 aromatic heterocycles. The Morgan fingerprint density at radius 2 is 2.00 bits per heavy atom. The molecule has 0 aromatic rings. The molecule has 0 spiro atoms. The molecule has 0 aliphatic rings. The van der Waals surface area contributed by atoms with Crippen molar-refractivity contribution in [1.82, 2.24) is 0 Å². The highest BCUT2D eigenvalue weighted by molar-refractivity contribution is 5.79. The molecule has 0 heterocycles. The van der Waals surface area contributed by atoms with Gasteiger partial charge in [0.2, 0.25) is 0 Å². The summed E-state index contributed by atoms with van der Waals surface area (Å²) in [6.07, 6.45) is 3.55. The second-order valence-electron chi connectivity index (χ2n) is 1.88. The van der Waals surface area contributed by atoms with Crippen LogP contribution >= 0.6 is 0 Å². The highest BCUT2D eigenvalue weighted by Crippen LogP contribution is 2.13. The fourth-order valence-corrected chi connectivity index (χ4v) is 0.522. The molecule has 0 aromatic carbocycles. The summed E-state index contributed by atoms with van der Waals surface area (Å²) in [7, 11) is 0. The number of aliphatic hydroxyl groups is 1. The number of allylic oxidation sites excluding steroid dienone is 5. The van der Waals surface area contributed by atoms with Crippen LogP contribution in [0.3, 0.4) is 0 Å². The van der Waals surface area contributed by atoms with Crippen molar-refractivity contribution >= 4 is 6.29 Å². The molecule has 0 fully saturated rings. The summed E-state index contributed by atoms with van der Waals surface area (Å²) in [5, 5.41) is 8.90. The van der Waals surface area contributed by atoms with Crippen LogP contribution in [-0.2, 0) is 4.79 Å². The van der Waals surface area contributed by atoms with Crippen LogP contribution in [0.15, 0.2) is 48.5 Å². The number of carbonyl (C=O) groups is 1. The van der Waals surface area contributed by atoms with Gasteiger partial charge in [-0.05, 0) is 6.08 Å². The van der Waals surface area contributed by atoms with Gasteiger partial charge in [0.05, 0.1) is 5.57 Å². The van der Waals surface area contributed by atoms with Gasteiger partial charge < -0.3 is 5.11 Å². The zero-order valence-corrected chi connectivity index (χ0v) is 6.46. The monoisotopic (exact) mass is 168 g/mol. The first-order valence-electron chi connectivity index (χ1n) is 3.16. The van der Waals surface area contributed by atoms with Crippen LogP contribution in [0.4, 0.5) is 4.39 Å². The van der Waals surface area contributed by atoms with E-state index in [9.17, 15) is 9.18 Å². The Labute approximate surface area is 70.0 Å². The minimum absolute atomic E-state index is 0.273. The van der Waals surface area contributed by atoms with E-state index < -0.39 is 11.6 Å². The Balaban J connectivity index is 4.98. The fourth-order valence-electron chi connectivity index (χ4n) is 0.522. The number of hydrogen-bond donors (Lipinski definition) is 1. The second kappa shape index (κ2) is 5.07. The van der Waals surface area contributed by atoms with E-state index in [4.69, 9.17) is 5.11 Å². The third-order valence-corrected chi connectivity index (χ3v) is 1.10. The maximum atomic E-state index is 12.9. The van der Waals surface area contributed by atoms with Gasteiger partial charge in [-0.3, -0.25) is 4.79 Å². The molecular formula is C9H9FO2. The van der Waals surface area contributed by atoms with Crippen LogP contribution in [0.5, 0.6) is 0 Å². The van der Waals surface area contributed by atoms with Gasteiger partial charge in [0.25, 0.3) is 0 Å². The Morgan fingerprint density at radius 1 is 1.42 bits per heavy atom. The molecular weight excluding hydrogens is 159 g/mol. The minimum atomic E-state index is -1.00. The molecule has 1 N–H and O–H groups in total. The summed E-state index contributed by atoms with van der Waals surface area (Å²) < 4.78 is 12.9. The average Bonchev–Trinajstić information content (AvgIpc) is 2.07. The molecule has 0 aliphatic carbocycles. The molecule has 0 radical (unpaired) electrons. The molecule has 0 rings (SSSR count). The van der Waals surface area contributed by atoms with E-state index in [1.807, 2.05) is 0 Å². The quantitative estimate of drug-likeness (QED) is 0.302. The smallest absolute Gasteiger partial charge is 0.175 e. The van der Waals surface area contributed by atoms with E-state index in [1.54, 1.807) is 0 Å². The van der Waals surface area contributed by atoms with Crippen molar-refractivity contribution in [3.8, 4) is 0 Å². The summed E-state index contributed by atoms with van der Waals surface area (Å²) in [5.74, 6) is -1.63. The summed E-state index contributed by atoms with van der Waals surface area (Å²) in [6, 6.07) is 0. The first-order chi connectivity index (χ1) is 5.67. The first-order valence-corrected chi connectivity index (χ1v) is 3.16. The van der Waals surface area contributed by atoms with Crippen LogP contribution in [0, 0.1) is 0 Å². The molecule has 0 aliphatic heterocycles. The summed E-state index contributed by atoms with van der Waals surface area (Å²) in [5.41, 5.74) is -0.286. The molecule has 0 amide bonds. The summed E-state index contributed by atoms with van der Waals surface area (Å²) >= 11 is 0. The van der Waals surface area contributed by atoms with Crippen LogP contribution in [0.1, 0.15) is 0 Å². The number of halogens is 1. The zero-order chi connectivity index (χ0) is 9.56. The standard InChI is InChI=1S/C9H9FO2/c1-3-5-8(12)9(10)7(4-2)6-11/h3-6,12H,1-2H2/b8-5+,9-7-. The number of carbonyl (C=O) groups excluding carboxylic acids is 1. The van der Waals surface area contributed by atoms with Crippen LogP contribution in [0.25, 0.3) is 0 Å². The van der Waals surface area contributed by atoms with E-state index in [0.29, 0.717) is 0 Å². The zero-order valence-electron chi connectivity index (χ0n) is 6.46. The molecule has 64 valence electrons. The van der Waals surface area contributed by atoms with Gasteiger partial charge in [-0.2, -0.15) is 0 Å². The molecule has 0 saturated carbocycles. The lowest BCUT2D eigenvalue weighted by Crippen LogP contribution is -1.89. The normalized spacial score (nSPS) is 13.2. The molecule has 3 heteroatoms. The third-order valence-electron chi connectivity index (χ3n) is 1.10. The molecule has 2 nitrogen and oxygen atoms in total. The van der Waals surface area contributed by atoms with Crippen molar-refractivity contribution in [2.75, 3.05) is 0 Å². The maximum absolute atomic E-state index is 12.9. The molecule has 0 unspecified atom stereocenters. The Morgan fingerprint density at radius 3 is 2.33 bits per heavy atom. The van der Waals surface area contributed by atoms with Gasteiger partial charge in [0.1, 0.15) is 0 Å². The van der Waals surface area contributed by atoms with E-state index in [2.05, 4.69) is 13.2 Å². The molecule has 0 bridgehead atoms. The fraction of sp³-hybridized carbons (Fsp3) is 0. The molecule has 12 heavy (non-hydrogen) atoms. The van der Waals surface area contributed by atoms with Crippen molar-refractivity contribution in [1.29, 1.82) is 0 Å². The lowest BCUT2D eigenvalue weighted by Gasteiger charge is -1.95. The van der Waals surface area contributed by atoms with Crippen molar-refractivity contribution in [2.45, 2.75) is 0 Å². The SMILES string of the molecule is C=C/C=C(O)\C(F)=C(/C=C)C=O. The van der Waals surface area contributed by atoms with E-state index in [0.717, 1.165) is 12.2 Å². The third kappa shape index (κ3) is 2.54. The predicted molar refractivity (Wildman–Crippen MR) is 45.3 cm³/mol. The minimum Gasteiger partial charge on any atom is -0.505 e. The van der Waals surface area contributed by atoms with Gasteiger partial charge in [-0.15, -0.1) is 0 Å². The molecule has 0 atom stereocenters. The van der Waals surface area contributed by atoms with Crippen LogP contribution in [-0.4, -0.2) is 11.4 Å². The lowest BCUT2D eigenvalue weighted by molar-refractivity contribution is -0.104. The highest BCUT2D eigenvalue weighted by atomic mass is 19.1. The molecule has 0 saturated heterocycles. The largest absolute Gasteiger partial charge is 0.505 e. The number of hydrogen-bond acceptors (Lipinski definition) is 2. The summed E-state index contributed by atoms with van der Waals surface area (Å²) in [6.45, 7) is 6.46. The Kier molecular flexibility index (Phi) is 4.38. The van der Waals surface area contributed by atoms with E-state index in [-0.39, 0.29) is 11.9 Å². The number of aliphatic hydroxyl groups excluding tert-OH is 1. The van der Waals surface area contributed by atoms with Gasteiger partial charge in [-0.1, -0.05) is 25.3 Å². The van der Waals surface area contributed by atoms with Crippen molar-refractivity contribution in [2.24, 2.45) is 0 Å². The van der Waals surface area contributed by atoms with Gasteiger partial charge in [-0.25, -0.2) is 4.39 Å². The number of rotatable bonds is 4. The van der Waals surface area contributed by atoms with Crippen LogP contribution in [0.2, 0.25) is 0 Å². The van der Waals surface area contributed by atoms with Gasteiger partial charge in [0.15, 0.2) is 17.9 Å². The lowest BCUT2D eigenvalue weighted by atomic mass is 10.2. The Bertz CT molecular complexity index is 252. The summed E-state index contributed by atoms with van der Waals surface area (Å²) in [4.78, 5) is 10.2. The predicted octanol–water partition coefficient (Wildman–Crippen LogP) is 2.22. The first kappa shape index (κ1) is 10.4. The second-order valence-corrected chi connectivity index (χ2v) is 1.88. The van der Waals surface area contributed by atoms with Crippen molar-refractivity contribution in [3.05, 3.63) is 48.5 Å². The van der Waals surface area contributed by atoms with E-state index in [1.165, 1.54) is 6.08 Å². The van der Waals surface area contributed by atoms with Crippen molar-refractivity contribution < 1.29 is 14.3 Å². The maximum Gasteiger partial charge on any atom is 0.175 e. The number of aldehydes is 1. The topological polar surface area (TPSA) is 37.3 Å². The van der Waals surface area contributed by atoms with Gasteiger partial charge >= 0.3 is 0 Å². The van der Waals surface area contributed by atoms with E-state index >= 15 is 0 Å². The van der Waals surface area contributed by atoms with Gasteiger partial charge in [0, 0.05) is 0 Å².